The van der Waals surface area contributed by atoms with E-state index < -0.39 is 35.6 Å². The lowest BCUT2D eigenvalue weighted by Crippen LogP contribution is -2.45. The van der Waals surface area contributed by atoms with Gasteiger partial charge in [-0.05, 0) is 52.2 Å². The topological polar surface area (TPSA) is 95.5 Å². The highest BCUT2D eigenvalue weighted by molar-refractivity contribution is 7.98. The summed E-state index contributed by atoms with van der Waals surface area (Å²) in [7, 11) is 0. The normalized spacial score (nSPS) is 12.5. The molecule has 2 amide bonds. The lowest BCUT2D eigenvalue weighted by atomic mass is 10.0. The summed E-state index contributed by atoms with van der Waals surface area (Å²) < 4.78 is 38.9. The van der Waals surface area contributed by atoms with Crippen LogP contribution in [0.5, 0.6) is 0 Å². The predicted octanol–water partition coefficient (Wildman–Crippen LogP) is 6.13. The van der Waals surface area contributed by atoms with Gasteiger partial charge in [-0.3, -0.25) is 9.59 Å². The molecule has 0 heterocycles. The molecule has 4 aromatic rings. The Kier molecular flexibility index (Phi) is 9.46. The molecule has 0 spiro atoms. The van der Waals surface area contributed by atoms with Crippen LogP contribution in [0.4, 0.5) is 13.2 Å². The maximum absolute atomic E-state index is 13.4. The van der Waals surface area contributed by atoms with Crippen LogP contribution in [0.1, 0.15) is 27.0 Å². The van der Waals surface area contributed by atoms with Crippen LogP contribution in [0.15, 0.2) is 103 Å². The summed E-state index contributed by atoms with van der Waals surface area (Å²) in [5, 5.41) is 16.3. The van der Waals surface area contributed by atoms with Crippen LogP contribution in [0.2, 0.25) is 0 Å². The molecule has 210 valence electrons. The summed E-state index contributed by atoms with van der Waals surface area (Å²) in [6, 6.07) is 24.4. The minimum atomic E-state index is -4.57. The van der Waals surface area contributed by atoms with E-state index in [1.165, 1.54) is 17.8 Å². The zero-order chi connectivity index (χ0) is 29.4. The number of hydrogen-bond acceptors (Lipinski definition) is 4. The summed E-state index contributed by atoms with van der Waals surface area (Å²) in [5.41, 5.74) is 0.281. The number of nitrogens with one attached hydrogen (secondary N) is 2. The number of carboxylic acids is 1. The van der Waals surface area contributed by atoms with E-state index in [2.05, 4.69) is 10.6 Å². The Balaban J connectivity index is 1.59. The fraction of sp³-hybridized carbons (Fsp3) is 0.129. The SMILES string of the molecule is O=C(N[C@@H](CSCc1ccccc1)C(=O)O)/C(=C\c1cccc2ccccc12)NC(=O)c1ccc(C(F)(F)F)cc1. The van der Waals surface area contributed by atoms with Crippen molar-refractivity contribution >= 4 is 46.4 Å². The first-order valence-corrected chi connectivity index (χ1v) is 13.6. The van der Waals surface area contributed by atoms with Crippen molar-refractivity contribution in [1.82, 2.24) is 10.6 Å². The number of halogens is 3. The Morgan fingerprint density at radius 1 is 0.854 bits per heavy atom. The zero-order valence-electron chi connectivity index (χ0n) is 21.5. The number of thioether (sulfide) groups is 1. The number of carbonyl (C=O) groups excluding carboxylic acids is 2. The number of fused-ring (bicyclic) bond motifs is 1. The summed E-state index contributed by atoms with van der Waals surface area (Å²) >= 11 is 1.32. The number of carboxylic acid groups (broad SMARTS) is 1. The van der Waals surface area contributed by atoms with Gasteiger partial charge in [-0.15, -0.1) is 0 Å². The van der Waals surface area contributed by atoms with Crippen molar-refractivity contribution in [2.75, 3.05) is 5.75 Å². The molecular formula is C31H25F3N2O4S. The highest BCUT2D eigenvalue weighted by Gasteiger charge is 2.30. The van der Waals surface area contributed by atoms with Gasteiger partial charge >= 0.3 is 12.1 Å². The molecule has 6 nitrogen and oxygen atoms in total. The van der Waals surface area contributed by atoms with E-state index in [0.29, 0.717) is 11.3 Å². The fourth-order valence-corrected chi connectivity index (χ4v) is 4.98. The Bertz CT molecular complexity index is 1570. The number of alkyl halides is 3. The third-order valence-electron chi connectivity index (χ3n) is 6.09. The molecule has 4 aromatic carbocycles. The van der Waals surface area contributed by atoms with Crippen LogP contribution >= 0.6 is 11.8 Å². The van der Waals surface area contributed by atoms with E-state index >= 15 is 0 Å². The van der Waals surface area contributed by atoms with Gasteiger partial charge in [0, 0.05) is 17.1 Å². The molecule has 0 aliphatic carbocycles. The Morgan fingerprint density at radius 2 is 1.51 bits per heavy atom. The van der Waals surface area contributed by atoms with Gasteiger partial charge in [0.15, 0.2) is 0 Å². The standard InChI is InChI=1S/C31H25F3N2O4S/c32-31(33,34)24-15-13-22(14-16-24)28(37)35-26(17-23-11-6-10-21-9-4-5-12-25(21)23)29(38)36-27(30(39)40)19-41-18-20-7-2-1-3-8-20/h1-17,27H,18-19H2,(H,35,37)(H,36,38)(H,39,40)/b26-17+/t27-/m0/s1. The van der Waals surface area contributed by atoms with Crippen LogP contribution < -0.4 is 10.6 Å². The van der Waals surface area contributed by atoms with Gasteiger partial charge in [0.25, 0.3) is 11.8 Å². The second kappa shape index (κ2) is 13.2. The Labute approximate surface area is 238 Å². The van der Waals surface area contributed by atoms with E-state index in [0.717, 1.165) is 40.6 Å². The molecule has 1 atom stereocenters. The van der Waals surface area contributed by atoms with Gasteiger partial charge in [-0.2, -0.15) is 24.9 Å². The van der Waals surface area contributed by atoms with E-state index in [-0.39, 0.29) is 17.0 Å². The summed E-state index contributed by atoms with van der Waals surface area (Å²) in [4.78, 5) is 38.3. The molecule has 0 saturated heterocycles. The van der Waals surface area contributed by atoms with Gasteiger partial charge in [-0.25, -0.2) is 4.79 Å². The van der Waals surface area contributed by atoms with E-state index in [1.807, 2.05) is 60.7 Å². The van der Waals surface area contributed by atoms with Crippen molar-refractivity contribution in [1.29, 1.82) is 0 Å². The molecule has 0 bridgehead atoms. The summed E-state index contributed by atoms with van der Waals surface area (Å²) in [5.74, 6) is -2.34. The molecule has 0 fully saturated rings. The van der Waals surface area contributed by atoms with Crippen LogP contribution in [0.3, 0.4) is 0 Å². The Hall–Kier alpha value is -4.57. The van der Waals surface area contributed by atoms with Crippen molar-refractivity contribution in [2.45, 2.75) is 18.0 Å². The van der Waals surface area contributed by atoms with Crippen molar-refractivity contribution < 1.29 is 32.7 Å². The number of carbonyl (C=O) groups is 3. The van der Waals surface area contributed by atoms with E-state index in [1.54, 1.807) is 12.1 Å². The van der Waals surface area contributed by atoms with Crippen molar-refractivity contribution in [3.63, 3.8) is 0 Å². The first-order valence-electron chi connectivity index (χ1n) is 12.5. The van der Waals surface area contributed by atoms with E-state index in [9.17, 15) is 32.7 Å². The largest absolute Gasteiger partial charge is 0.480 e. The van der Waals surface area contributed by atoms with Crippen LogP contribution in [-0.2, 0) is 21.5 Å². The van der Waals surface area contributed by atoms with Gasteiger partial charge in [0.05, 0.1) is 5.56 Å². The molecule has 0 aromatic heterocycles. The van der Waals surface area contributed by atoms with Crippen molar-refractivity contribution in [3.8, 4) is 0 Å². The highest BCUT2D eigenvalue weighted by atomic mass is 32.2. The lowest BCUT2D eigenvalue weighted by molar-refractivity contribution is -0.140. The van der Waals surface area contributed by atoms with Crippen molar-refractivity contribution in [3.05, 3.63) is 125 Å². The monoisotopic (exact) mass is 578 g/mol. The molecule has 0 unspecified atom stereocenters. The molecular weight excluding hydrogens is 553 g/mol. The first-order chi connectivity index (χ1) is 19.6. The molecule has 10 heteroatoms. The first kappa shape index (κ1) is 29.4. The van der Waals surface area contributed by atoms with Crippen LogP contribution in [-0.4, -0.2) is 34.7 Å². The van der Waals surface area contributed by atoms with Gasteiger partial charge < -0.3 is 15.7 Å². The Morgan fingerprint density at radius 3 is 2.20 bits per heavy atom. The van der Waals surface area contributed by atoms with E-state index in [4.69, 9.17) is 0 Å². The number of benzene rings is 4. The minimum Gasteiger partial charge on any atom is -0.480 e. The maximum Gasteiger partial charge on any atom is 0.416 e. The smallest absolute Gasteiger partial charge is 0.416 e. The second-order valence-corrected chi connectivity index (χ2v) is 10.1. The second-order valence-electron chi connectivity index (χ2n) is 9.02. The molecule has 41 heavy (non-hydrogen) atoms. The highest BCUT2D eigenvalue weighted by Crippen LogP contribution is 2.29. The average Bonchev–Trinajstić information content (AvgIpc) is 2.96. The number of rotatable bonds is 10. The molecule has 0 aliphatic heterocycles. The lowest BCUT2D eigenvalue weighted by Gasteiger charge is -2.17. The van der Waals surface area contributed by atoms with Crippen LogP contribution in [0, 0.1) is 0 Å². The van der Waals surface area contributed by atoms with Crippen molar-refractivity contribution in [2.24, 2.45) is 0 Å². The van der Waals surface area contributed by atoms with Gasteiger partial charge in [-0.1, -0.05) is 72.8 Å². The number of aliphatic carboxylic acids is 1. The molecule has 0 aliphatic rings. The third-order valence-corrected chi connectivity index (χ3v) is 7.20. The molecule has 0 radical (unpaired) electrons. The number of hydrogen-bond donors (Lipinski definition) is 3. The zero-order valence-corrected chi connectivity index (χ0v) is 22.3. The average molecular weight is 579 g/mol. The quantitative estimate of drug-likeness (QED) is 0.197. The number of amides is 2. The fourth-order valence-electron chi connectivity index (χ4n) is 3.97. The van der Waals surface area contributed by atoms with Gasteiger partial charge in [0.2, 0.25) is 0 Å². The minimum absolute atomic E-state index is 0.0599. The molecule has 3 N–H and O–H groups in total. The van der Waals surface area contributed by atoms with Gasteiger partial charge in [0.1, 0.15) is 11.7 Å². The molecule has 0 saturated carbocycles. The van der Waals surface area contributed by atoms with Crippen LogP contribution in [0.25, 0.3) is 16.8 Å². The summed E-state index contributed by atoms with van der Waals surface area (Å²) in [6.07, 6.45) is -3.16. The summed E-state index contributed by atoms with van der Waals surface area (Å²) in [6.45, 7) is 0. The molecule has 4 rings (SSSR count). The third kappa shape index (κ3) is 7.98. The predicted molar refractivity (Wildman–Crippen MR) is 153 cm³/mol. The maximum atomic E-state index is 13.4.